The summed E-state index contributed by atoms with van der Waals surface area (Å²) in [5.74, 6) is 0. The maximum Gasteiger partial charge on any atom is 0.292 e. The quantitative estimate of drug-likeness (QED) is 0.474. The van der Waals surface area contributed by atoms with Crippen molar-refractivity contribution in [2.75, 3.05) is 5.32 Å². The van der Waals surface area contributed by atoms with Crippen molar-refractivity contribution >= 4 is 23.0 Å². The topological polar surface area (TPSA) is 55.2 Å². The normalized spacial score (nSPS) is 11.9. The van der Waals surface area contributed by atoms with Crippen LogP contribution in [0.1, 0.15) is 19.8 Å². The van der Waals surface area contributed by atoms with Gasteiger partial charge in [0.05, 0.1) is 4.92 Å². The first kappa shape index (κ1) is 13.5. The zero-order valence-corrected chi connectivity index (χ0v) is 10.4. The van der Waals surface area contributed by atoms with Crippen LogP contribution >= 0.6 is 11.6 Å². The van der Waals surface area contributed by atoms with Crippen LogP contribution in [0.2, 0.25) is 5.02 Å². The van der Waals surface area contributed by atoms with Gasteiger partial charge >= 0.3 is 0 Å². The Morgan fingerprint density at radius 2 is 2.35 bits per heavy atom. The molecule has 0 amide bonds. The Morgan fingerprint density at radius 1 is 1.65 bits per heavy atom. The minimum absolute atomic E-state index is 0.0415. The Kier molecular flexibility index (Phi) is 4.97. The van der Waals surface area contributed by atoms with Crippen molar-refractivity contribution in [3.63, 3.8) is 0 Å². The first-order valence-corrected chi connectivity index (χ1v) is 5.73. The lowest BCUT2D eigenvalue weighted by Gasteiger charge is -2.14. The lowest BCUT2D eigenvalue weighted by Crippen LogP contribution is -2.15. The van der Waals surface area contributed by atoms with Gasteiger partial charge < -0.3 is 5.32 Å². The number of allylic oxidation sites excluding steroid dienone is 1. The molecule has 0 aliphatic carbocycles. The number of anilines is 1. The molecular formula is C12H15ClN2O2. The van der Waals surface area contributed by atoms with E-state index >= 15 is 0 Å². The van der Waals surface area contributed by atoms with Crippen molar-refractivity contribution < 1.29 is 4.92 Å². The number of hydrogen-bond donors (Lipinski definition) is 1. The molecule has 1 aromatic carbocycles. The molecule has 0 fully saturated rings. The molecule has 4 nitrogen and oxygen atoms in total. The van der Waals surface area contributed by atoms with E-state index in [1.807, 2.05) is 13.0 Å². The first-order valence-electron chi connectivity index (χ1n) is 5.36. The van der Waals surface area contributed by atoms with Crippen LogP contribution in [0.3, 0.4) is 0 Å². The summed E-state index contributed by atoms with van der Waals surface area (Å²) in [5, 5.41) is 14.4. The second-order valence-electron chi connectivity index (χ2n) is 3.83. The van der Waals surface area contributed by atoms with Gasteiger partial charge in [0.15, 0.2) is 0 Å². The molecule has 5 heteroatoms. The zero-order valence-electron chi connectivity index (χ0n) is 9.65. The fraction of sp³-hybridized carbons (Fsp3) is 0.333. The molecular weight excluding hydrogens is 240 g/mol. The van der Waals surface area contributed by atoms with Gasteiger partial charge in [0, 0.05) is 17.1 Å². The van der Waals surface area contributed by atoms with E-state index in [4.69, 9.17) is 11.6 Å². The predicted octanol–water partition coefficient (Wildman–Crippen LogP) is 4.01. The number of nitro benzene ring substituents is 1. The summed E-state index contributed by atoms with van der Waals surface area (Å²) in [6.07, 6.45) is 3.56. The molecule has 92 valence electrons. The molecule has 0 radical (unpaired) electrons. The maximum absolute atomic E-state index is 10.8. The molecule has 0 aromatic heterocycles. The van der Waals surface area contributed by atoms with E-state index in [-0.39, 0.29) is 11.7 Å². The van der Waals surface area contributed by atoms with Crippen LogP contribution in [0.25, 0.3) is 0 Å². The van der Waals surface area contributed by atoms with E-state index in [1.54, 1.807) is 6.07 Å². The third-order valence-corrected chi connectivity index (χ3v) is 2.60. The van der Waals surface area contributed by atoms with Crippen molar-refractivity contribution in [3.05, 3.63) is 46.0 Å². The second-order valence-corrected chi connectivity index (χ2v) is 4.27. The van der Waals surface area contributed by atoms with E-state index in [0.717, 1.165) is 12.8 Å². The summed E-state index contributed by atoms with van der Waals surface area (Å²) in [7, 11) is 0. The largest absolute Gasteiger partial charge is 0.377 e. The summed E-state index contributed by atoms with van der Waals surface area (Å²) >= 11 is 5.83. The van der Waals surface area contributed by atoms with Gasteiger partial charge in [-0.05, 0) is 31.9 Å². The third-order valence-electron chi connectivity index (χ3n) is 2.36. The average Bonchev–Trinajstić information content (AvgIpc) is 2.26. The molecule has 0 spiro atoms. The van der Waals surface area contributed by atoms with Gasteiger partial charge in [0.2, 0.25) is 0 Å². The van der Waals surface area contributed by atoms with Crippen LogP contribution < -0.4 is 5.32 Å². The molecule has 0 bridgehead atoms. The number of nitrogens with zero attached hydrogens (tertiary/aromatic N) is 1. The Morgan fingerprint density at radius 3 is 2.94 bits per heavy atom. The summed E-state index contributed by atoms with van der Waals surface area (Å²) < 4.78 is 0. The highest BCUT2D eigenvalue weighted by molar-refractivity contribution is 6.31. The minimum atomic E-state index is -0.418. The number of nitrogens with one attached hydrogen (secondary N) is 1. The van der Waals surface area contributed by atoms with Crippen LogP contribution in [0.4, 0.5) is 11.4 Å². The number of benzene rings is 1. The van der Waals surface area contributed by atoms with Crippen molar-refractivity contribution in [2.45, 2.75) is 25.8 Å². The molecule has 0 saturated heterocycles. The highest BCUT2D eigenvalue weighted by atomic mass is 35.5. The molecule has 1 unspecified atom stereocenters. The van der Waals surface area contributed by atoms with Crippen LogP contribution in [0, 0.1) is 10.1 Å². The number of rotatable bonds is 6. The van der Waals surface area contributed by atoms with Crippen molar-refractivity contribution in [2.24, 2.45) is 0 Å². The molecule has 17 heavy (non-hydrogen) atoms. The molecule has 1 N–H and O–H groups in total. The average molecular weight is 255 g/mol. The number of hydrogen-bond acceptors (Lipinski definition) is 3. The number of nitro groups is 1. The van der Waals surface area contributed by atoms with Gasteiger partial charge in [-0.15, -0.1) is 6.58 Å². The van der Waals surface area contributed by atoms with Gasteiger partial charge in [0.1, 0.15) is 5.69 Å². The minimum Gasteiger partial charge on any atom is -0.377 e. The highest BCUT2D eigenvalue weighted by Gasteiger charge is 2.15. The summed E-state index contributed by atoms with van der Waals surface area (Å²) in [6.45, 7) is 5.61. The fourth-order valence-electron chi connectivity index (χ4n) is 1.49. The fourth-order valence-corrected chi connectivity index (χ4v) is 1.66. The van der Waals surface area contributed by atoms with E-state index in [1.165, 1.54) is 12.1 Å². The van der Waals surface area contributed by atoms with Gasteiger partial charge in [-0.2, -0.15) is 0 Å². The lowest BCUT2D eigenvalue weighted by molar-refractivity contribution is -0.384. The standard InChI is InChI=1S/C12H15ClN2O2/c1-3-4-5-9(2)14-11-8-10(13)6-7-12(11)15(16)17/h3,6-9,14H,1,4-5H2,2H3. The van der Waals surface area contributed by atoms with Crippen LogP contribution in [-0.2, 0) is 0 Å². The first-order chi connectivity index (χ1) is 8.04. The van der Waals surface area contributed by atoms with E-state index < -0.39 is 4.92 Å². The van der Waals surface area contributed by atoms with Gasteiger partial charge in [-0.1, -0.05) is 17.7 Å². The van der Waals surface area contributed by atoms with Crippen molar-refractivity contribution in [1.29, 1.82) is 0 Å². The molecule has 0 aliphatic heterocycles. The Balaban J connectivity index is 2.84. The predicted molar refractivity (Wildman–Crippen MR) is 70.6 cm³/mol. The molecule has 0 heterocycles. The van der Waals surface area contributed by atoms with Crippen molar-refractivity contribution in [3.8, 4) is 0 Å². The van der Waals surface area contributed by atoms with Gasteiger partial charge in [-0.3, -0.25) is 10.1 Å². The van der Waals surface area contributed by atoms with Crippen LogP contribution in [0.15, 0.2) is 30.9 Å². The molecule has 1 rings (SSSR count). The Labute approximate surface area is 105 Å². The Hall–Kier alpha value is -1.55. The van der Waals surface area contributed by atoms with Crippen LogP contribution in [-0.4, -0.2) is 11.0 Å². The highest BCUT2D eigenvalue weighted by Crippen LogP contribution is 2.28. The Bertz CT molecular complexity index is 421. The summed E-state index contributed by atoms with van der Waals surface area (Å²) in [5.41, 5.74) is 0.499. The van der Waals surface area contributed by atoms with E-state index in [0.29, 0.717) is 10.7 Å². The summed E-state index contributed by atoms with van der Waals surface area (Å²) in [6, 6.07) is 4.62. The maximum atomic E-state index is 10.8. The SMILES string of the molecule is C=CCCC(C)Nc1cc(Cl)ccc1[N+](=O)[O-]. The molecule has 1 atom stereocenters. The lowest BCUT2D eigenvalue weighted by atomic mass is 10.1. The van der Waals surface area contributed by atoms with Gasteiger partial charge in [0.25, 0.3) is 5.69 Å². The van der Waals surface area contributed by atoms with Crippen LogP contribution in [0.5, 0.6) is 0 Å². The second kappa shape index (κ2) is 6.25. The third kappa shape index (κ3) is 4.07. The molecule has 1 aromatic rings. The van der Waals surface area contributed by atoms with E-state index in [9.17, 15) is 10.1 Å². The summed E-state index contributed by atoms with van der Waals surface area (Å²) in [4.78, 5) is 10.4. The zero-order chi connectivity index (χ0) is 12.8. The van der Waals surface area contributed by atoms with Gasteiger partial charge in [-0.25, -0.2) is 0 Å². The van der Waals surface area contributed by atoms with E-state index in [2.05, 4.69) is 11.9 Å². The smallest absolute Gasteiger partial charge is 0.292 e. The van der Waals surface area contributed by atoms with Crippen molar-refractivity contribution in [1.82, 2.24) is 0 Å². The molecule has 0 aliphatic rings. The number of halogens is 1. The molecule has 0 saturated carbocycles. The monoisotopic (exact) mass is 254 g/mol.